The van der Waals surface area contributed by atoms with Crippen LogP contribution in [0.3, 0.4) is 0 Å². The lowest BCUT2D eigenvalue weighted by molar-refractivity contribution is 0.243. The number of hydrogen-bond donors (Lipinski definition) is 0. The molecule has 0 saturated heterocycles. The summed E-state index contributed by atoms with van der Waals surface area (Å²) in [7, 11) is 3.35. The number of ether oxygens (including phenoxy) is 3. The van der Waals surface area contributed by atoms with E-state index in [4.69, 9.17) is 14.2 Å². The van der Waals surface area contributed by atoms with Gasteiger partial charge in [-0.3, -0.25) is 4.90 Å². The van der Waals surface area contributed by atoms with E-state index in [1.807, 2.05) is 39.8 Å². The van der Waals surface area contributed by atoms with Crippen LogP contribution in [0.15, 0.2) is 55.0 Å². The Morgan fingerprint density at radius 3 is 2.20 bits per heavy atom. The fourth-order valence-corrected chi connectivity index (χ4v) is 3.73. The van der Waals surface area contributed by atoms with E-state index in [0.29, 0.717) is 11.8 Å². The number of allylic oxidation sites excluding steroid dienone is 2. The van der Waals surface area contributed by atoms with Crippen LogP contribution in [0.5, 0.6) is 17.4 Å². The number of aromatic nitrogens is 1. The highest BCUT2D eigenvalue weighted by Gasteiger charge is 2.20. The predicted molar refractivity (Wildman–Crippen MR) is 147 cm³/mol. The van der Waals surface area contributed by atoms with Gasteiger partial charge in [0.1, 0.15) is 0 Å². The van der Waals surface area contributed by atoms with Gasteiger partial charge in [0, 0.05) is 38.3 Å². The summed E-state index contributed by atoms with van der Waals surface area (Å²) in [4.78, 5) is 6.78. The Bertz CT molecular complexity index is 937. The van der Waals surface area contributed by atoms with E-state index in [1.165, 1.54) is 22.3 Å². The number of fused-ring (bicyclic) bond motifs is 1. The third-order valence-corrected chi connectivity index (χ3v) is 5.79. The van der Waals surface area contributed by atoms with E-state index in [0.717, 1.165) is 56.2 Å². The van der Waals surface area contributed by atoms with Crippen molar-refractivity contribution in [2.75, 3.05) is 20.8 Å². The van der Waals surface area contributed by atoms with E-state index >= 15 is 0 Å². The first-order chi connectivity index (χ1) is 16.9. The predicted octanol–water partition coefficient (Wildman–Crippen LogP) is 7.59. The van der Waals surface area contributed by atoms with Crippen LogP contribution < -0.4 is 14.2 Å². The van der Waals surface area contributed by atoms with Crippen LogP contribution in [0.4, 0.5) is 0 Å². The Balaban J connectivity index is 0.00000145. The smallest absolute Gasteiger partial charge is 0.218 e. The molecule has 0 unspecified atom stereocenters. The summed E-state index contributed by atoms with van der Waals surface area (Å²) in [6.07, 6.45) is 4.44. The zero-order chi connectivity index (χ0) is 26.4. The minimum absolute atomic E-state index is 0.477. The Kier molecular flexibility index (Phi) is 13.8. The minimum atomic E-state index is 0.477. The summed E-state index contributed by atoms with van der Waals surface area (Å²) in [5.41, 5.74) is 5.00. The van der Waals surface area contributed by atoms with E-state index in [9.17, 15) is 0 Å². The molecule has 0 spiro atoms. The third-order valence-electron chi connectivity index (χ3n) is 5.79. The molecule has 1 aliphatic rings. The molecule has 0 amide bonds. The Labute approximate surface area is 213 Å². The molecule has 2 heterocycles. The normalized spacial score (nSPS) is 12.4. The average Bonchev–Trinajstić information content (AvgIpc) is 2.88. The fourth-order valence-electron chi connectivity index (χ4n) is 3.73. The zero-order valence-electron chi connectivity index (χ0n) is 23.2. The van der Waals surface area contributed by atoms with Crippen LogP contribution in [0, 0.1) is 5.92 Å². The van der Waals surface area contributed by atoms with Crippen molar-refractivity contribution in [2.24, 2.45) is 5.92 Å². The molecule has 1 aliphatic heterocycles. The maximum Gasteiger partial charge on any atom is 0.218 e. The second-order valence-corrected chi connectivity index (χ2v) is 8.39. The van der Waals surface area contributed by atoms with E-state index in [2.05, 4.69) is 49.0 Å². The van der Waals surface area contributed by atoms with Crippen LogP contribution in [0.2, 0.25) is 0 Å². The highest BCUT2D eigenvalue weighted by Crippen LogP contribution is 2.33. The van der Waals surface area contributed by atoms with Crippen molar-refractivity contribution >= 4 is 0 Å². The molecule has 0 fully saturated rings. The summed E-state index contributed by atoms with van der Waals surface area (Å²) in [5, 5.41) is 0. The van der Waals surface area contributed by atoms with Crippen molar-refractivity contribution in [2.45, 2.75) is 73.9 Å². The summed E-state index contributed by atoms with van der Waals surface area (Å²) in [5.74, 6) is 3.37. The van der Waals surface area contributed by atoms with Crippen molar-refractivity contribution in [3.8, 4) is 17.4 Å². The molecule has 1 aromatic heterocycles. The highest BCUT2D eigenvalue weighted by atomic mass is 16.5. The van der Waals surface area contributed by atoms with Gasteiger partial charge >= 0.3 is 0 Å². The van der Waals surface area contributed by atoms with Gasteiger partial charge in [-0.1, -0.05) is 60.3 Å². The third kappa shape index (κ3) is 9.41. The lowest BCUT2D eigenvalue weighted by Gasteiger charge is -2.29. The van der Waals surface area contributed by atoms with Crippen molar-refractivity contribution in [3.05, 3.63) is 71.6 Å². The van der Waals surface area contributed by atoms with E-state index < -0.39 is 0 Å². The number of rotatable bonds is 10. The largest absolute Gasteiger partial charge is 0.493 e. The number of nitrogens with zero attached hydrogens (tertiary/aromatic N) is 2. The van der Waals surface area contributed by atoms with E-state index in [1.54, 1.807) is 20.4 Å². The molecule has 0 N–H and O–H groups in total. The molecular weight excluding hydrogens is 436 g/mol. The molecule has 35 heavy (non-hydrogen) atoms. The molecule has 5 heteroatoms. The zero-order valence-corrected chi connectivity index (χ0v) is 23.2. The van der Waals surface area contributed by atoms with Gasteiger partial charge in [-0.25, -0.2) is 4.98 Å². The summed E-state index contributed by atoms with van der Waals surface area (Å²) in [6, 6.07) is 8.24. The molecule has 0 aliphatic carbocycles. The molecule has 2 aromatic rings. The molecule has 0 atom stereocenters. The van der Waals surface area contributed by atoms with Gasteiger partial charge in [0.15, 0.2) is 11.5 Å². The van der Waals surface area contributed by atoms with Gasteiger partial charge in [-0.15, -0.1) is 0 Å². The summed E-state index contributed by atoms with van der Waals surface area (Å²) < 4.78 is 16.8. The monoisotopic (exact) mass is 482 g/mol. The van der Waals surface area contributed by atoms with Crippen LogP contribution >= 0.6 is 0 Å². The average molecular weight is 483 g/mol. The molecular formula is C30H46N2O3. The maximum atomic E-state index is 5.89. The van der Waals surface area contributed by atoms with Crippen molar-refractivity contribution in [1.82, 2.24) is 9.88 Å². The van der Waals surface area contributed by atoms with Crippen molar-refractivity contribution in [1.29, 1.82) is 0 Å². The molecule has 0 bridgehead atoms. The quantitative estimate of drug-likeness (QED) is 0.258. The van der Waals surface area contributed by atoms with Crippen LogP contribution in [-0.4, -0.2) is 30.6 Å². The first-order valence-corrected chi connectivity index (χ1v) is 12.8. The standard InChI is InChI=1S/C26H34N2O3.2C2H6/c1-18(2)19(3)7-8-20(4)31-26-13-21(9-11-27-26)16-28-12-10-22-14-24(29-5)25(30-6)15-23(22)17-28;2*1-2/h9,11,13-15,18H,3-4,7-8,10,12,16-17H2,1-2,5-6H3;2*1-2H3. The van der Waals surface area contributed by atoms with Crippen LogP contribution in [-0.2, 0) is 19.5 Å². The second kappa shape index (κ2) is 16.0. The maximum absolute atomic E-state index is 5.89. The molecule has 0 radical (unpaired) electrons. The van der Waals surface area contributed by atoms with Crippen molar-refractivity contribution in [3.63, 3.8) is 0 Å². The van der Waals surface area contributed by atoms with Gasteiger partial charge in [0.05, 0.1) is 20.0 Å². The van der Waals surface area contributed by atoms with Crippen LogP contribution in [0.25, 0.3) is 0 Å². The van der Waals surface area contributed by atoms with Gasteiger partial charge in [0.25, 0.3) is 0 Å². The molecule has 5 nitrogen and oxygen atoms in total. The van der Waals surface area contributed by atoms with Crippen molar-refractivity contribution < 1.29 is 14.2 Å². The van der Waals surface area contributed by atoms with Gasteiger partial charge in [-0.2, -0.15) is 0 Å². The molecule has 3 rings (SSSR count). The minimum Gasteiger partial charge on any atom is -0.493 e. The number of methoxy groups -OCH3 is 2. The highest BCUT2D eigenvalue weighted by molar-refractivity contribution is 5.48. The second-order valence-electron chi connectivity index (χ2n) is 8.39. The summed E-state index contributed by atoms with van der Waals surface area (Å²) in [6.45, 7) is 23.2. The summed E-state index contributed by atoms with van der Waals surface area (Å²) >= 11 is 0. The van der Waals surface area contributed by atoms with Gasteiger partial charge < -0.3 is 14.2 Å². The molecule has 0 saturated carbocycles. The van der Waals surface area contributed by atoms with E-state index in [-0.39, 0.29) is 0 Å². The lowest BCUT2D eigenvalue weighted by Crippen LogP contribution is -2.30. The topological polar surface area (TPSA) is 43.8 Å². The van der Waals surface area contributed by atoms with Gasteiger partial charge in [0.2, 0.25) is 5.88 Å². The number of pyridine rings is 1. The fraction of sp³-hybridized carbons (Fsp3) is 0.500. The molecule has 1 aromatic carbocycles. The SMILES string of the molecule is C=C(CCC(=C)C(C)C)Oc1cc(CN2CCc3cc(OC)c(OC)cc3C2)ccn1.CC.CC. The Hall–Kier alpha value is -2.79. The van der Waals surface area contributed by atoms with Crippen LogP contribution in [0.1, 0.15) is 71.1 Å². The number of benzene rings is 1. The first-order valence-electron chi connectivity index (χ1n) is 12.8. The first kappa shape index (κ1) is 30.2. The number of hydrogen-bond acceptors (Lipinski definition) is 5. The Morgan fingerprint density at radius 2 is 1.60 bits per heavy atom. The van der Waals surface area contributed by atoms with Gasteiger partial charge in [-0.05, 0) is 53.6 Å². The lowest BCUT2D eigenvalue weighted by atomic mass is 9.98. The molecule has 194 valence electrons. The Morgan fingerprint density at radius 1 is 0.971 bits per heavy atom.